The van der Waals surface area contributed by atoms with E-state index >= 15 is 13.2 Å². The average Bonchev–Trinajstić information content (AvgIpc) is 1.58. The van der Waals surface area contributed by atoms with Gasteiger partial charge in [0.1, 0.15) is 0 Å². The van der Waals surface area contributed by atoms with Crippen LogP contribution in [0.2, 0.25) is 0 Å². The molecule has 0 aliphatic carbocycles. The Balaban J connectivity index is 0.000000164. The van der Waals surface area contributed by atoms with Crippen LogP contribution in [-0.4, -0.2) is 48.2 Å². The van der Waals surface area contributed by atoms with Gasteiger partial charge in [0.25, 0.3) is 0 Å². The molecule has 0 aliphatic heterocycles. The van der Waals surface area contributed by atoms with Crippen molar-refractivity contribution >= 4 is 110 Å². The van der Waals surface area contributed by atoms with Crippen molar-refractivity contribution in [2.24, 2.45) is 0 Å². The number of rotatable bonds is 14. The number of hydrogen-bond acceptors (Lipinski definition) is 10. The molecular weight excluding hydrogens is 1800 g/mol. The van der Waals surface area contributed by atoms with Gasteiger partial charge in [0, 0.05) is 115 Å². The van der Waals surface area contributed by atoms with Crippen LogP contribution in [0, 0.1) is 78.5 Å². The highest BCUT2D eigenvalue weighted by Gasteiger charge is 2.38. The minimum atomic E-state index is -4.80. The largest absolute Gasteiger partial charge is 0.418 e. The predicted molar refractivity (Wildman–Crippen MR) is 565 cm³/mol. The number of aryl methyl sites for hydroxylation is 1. The molecule has 6 aromatic heterocycles. The second kappa shape index (κ2) is 36.1. The number of fused-ring (bicyclic) bond motifs is 12. The highest BCUT2D eigenvalue weighted by atomic mass is 19.4. The summed E-state index contributed by atoms with van der Waals surface area (Å²) in [6.07, 6.45) is -4.80. The van der Waals surface area contributed by atoms with E-state index in [0.29, 0.717) is 96.0 Å². The van der Waals surface area contributed by atoms with E-state index in [1.165, 1.54) is 30.3 Å². The summed E-state index contributed by atoms with van der Waals surface area (Å²) in [4.78, 5) is 44.6. The number of hydrogen-bond donors (Lipinski definition) is 0. The van der Waals surface area contributed by atoms with Crippen LogP contribution in [0.25, 0.3) is 242 Å². The number of benzene rings is 18. The highest BCUT2D eigenvalue weighted by molar-refractivity contribution is 6.16. The maximum atomic E-state index is 16.0. The highest BCUT2D eigenvalue weighted by Crippen LogP contribution is 2.51. The van der Waals surface area contributed by atoms with Crippen molar-refractivity contribution in [3.05, 3.63) is 467 Å². The van der Waals surface area contributed by atoms with Gasteiger partial charge in [-0.25, -0.2) is 49.3 Å². The number of halogens is 3. The molecule has 24 aromatic rings. The molecular formula is C124H67F3N18. The van der Waals surface area contributed by atoms with Crippen LogP contribution in [-0.2, 0) is 6.18 Å². The smallest absolute Gasteiger partial charge is 0.309 e. The van der Waals surface area contributed by atoms with Crippen molar-refractivity contribution < 1.29 is 13.2 Å². The number of nitrogens with zero attached hydrogens (tertiary/aromatic N) is 18. The molecule has 145 heavy (non-hydrogen) atoms. The maximum absolute atomic E-state index is 16.0. The Labute approximate surface area is 827 Å². The summed E-state index contributed by atoms with van der Waals surface area (Å²) in [5.74, 6) is 2.92. The number of aromatic nitrogens is 10. The first-order valence-corrected chi connectivity index (χ1v) is 46.0. The molecule has 0 saturated heterocycles. The second-order valence-corrected chi connectivity index (χ2v) is 34.7. The molecule has 0 radical (unpaired) electrons. The van der Waals surface area contributed by atoms with Gasteiger partial charge in [-0.1, -0.05) is 249 Å². The Kier molecular flexibility index (Phi) is 21.9. The molecule has 0 amide bonds. The number of nitriles is 4. The first-order valence-electron chi connectivity index (χ1n) is 46.0. The van der Waals surface area contributed by atoms with E-state index in [9.17, 15) is 21.0 Å². The molecule has 6 heterocycles. The van der Waals surface area contributed by atoms with E-state index in [1.54, 1.807) is 22.8 Å². The summed E-state index contributed by atoms with van der Waals surface area (Å²) < 4.78 is 56.3. The minimum Gasteiger partial charge on any atom is -0.309 e. The van der Waals surface area contributed by atoms with Gasteiger partial charge in [0.2, 0.25) is 0 Å². The molecule has 0 unspecified atom stereocenters. The van der Waals surface area contributed by atoms with Crippen LogP contribution in [0.1, 0.15) is 33.4 Å². The van der Waals surface area contributed by atoms with E-state index in [2.05, 4.69) is 101 Å². The average molecular weight is 1870 g/mol. The van der Waals surface area contributed by atoms with Crippen molar-refractivity contribution in [2.75, 3.05) is 0 Å². The zero-order valence-electron chi connectivity index (χ0n) is 76.6. The summed E-state index contributed by atoms with van der Waals surface area (Å²) in [5, 5.41) is 47.2. The van der Waals surface area contributed by atoms with Crippen LogP contribution >= 0.6 is 0 Å². The standard InChI is InChI=1S/C68H40F3N9.C56H27N9/c1-72-48-35-38-59(79-56-31-16-14-27-49(56)52-39-46(33-36-58(52)79)66-75-62(42-19-6-2-7-20-42)73-63(76-66)43-21-8-3-9-22-43)54(41-48)51-29-18-30-55(68(69,70)71)61(51)80-57-32-17-15-28-50(57)53-40-47(34-37-60(53)80)67-77-64(44-23-10-4-11-24-44)74-65(78-67)45-25-12-5-13-26-45;1-33-10-9-13-43(56(33)65-50-15-8-6-12-42(50)46-27-36(18-21-53(46)65)54-38(31-59)22-35(30-58)24-47(54)62-3)44-23-34(29-57)16-19-51(44)64-49-14-7-5-11-41(49)45-26-37(17-20-52(45)64)55-39(32-60)25-40(61-2)28-48(55)63-4/h2-41H;5-28H,1H3. The van der Waals surface area contributed by atoms with Gasteiger partial charge < -0.3 is 18.3 Å². The fraction of sp³-hybridized carbons (Fsp3) is 0.0161. The van der Waals surface area contributed by atoms with Gasteiger partial charge in [-0.05, 0) is 169 Å². The molecule has 0 bridgehead atoms. The Hall–Kier alpha value is -21.1. The molecule has 674 valence electrons. The number of para-hydroxylation sites is 6. The third kappa shape index (κ3) is 15.3. The van der Waals surface area contributed by atoms with Crippen LogP contribution in [0.5, 0.6) is 0 Å². The summed E-state index contributed by atoms with van der Waals surface area (Å²) in [5.41, 5.74) is 20.3. The van der Waals surface area contributed by atoms with Crippen LogP contribution in [0.15, 0.2) is 388 Å². The third-order valence-corrected chi connectivity index (χ3v) is 26.5. The first-order chi connectivity index (χ1) is 71.1. The molecule has 0 fully saturated rings. The summed E-state index contributed by atoms with van der Waals surface area (Å²) in [7, 11) is 0. The molecule has 0 spiro atoms. The summed E-state index contributed by atoms with van der Waals surface area (Å²) >= 11 is 0. The second-order valence-electron chi connectivity index (χ2n) is 34.7. The fourth-order valence-electron chi connectivity index (χ4n) is 20.1. The lowest BCUT2D eigenvalue weighted by Crippen LogP contribution is -2.12. The van der Waals surface area contributed by atoms with Gasteiger partial charge in [-0.2, -0.15) is 34.2 Å². The lowest BCUT2D eigenvalue weighted by atomic mass is 9.95. The Morgan fingerprint density at radius 3 is 1.01 bits per heavy atom. The third-order valence-electron chi connectivity index (χ3n) is 26.5. The topological polar surface area (TPSA) is 210 Å². The first kappa shape index (κ1) is 87.9. The summed E-state index contributed by atoms with van der Waals surface area (Å²) in [6.45, 7) is 33.7. The van der Waals surface area contributed by atoms with E-state index in [0.717, 1.165) is 133 Å². The molecule has 0 saturated carbocycles. The Bertz CT molecular complexity index is 9770. The van der Waals surface area contributed by atoms with Crippen molar-refractivity contribution in [3.63, 3.8) is 0 Å². The fourth-order valence-corrected chi connectivity index (χ4v) is 20.1. The predicted octanol–water partition coefficient (Wildman–Crippen LogP) is 31.8. The molecule has 24 rings (SSSR count). The SMILES string of the molecule is [C-]#[N+]c1cc(C#N)c(-c2ccc3c(c2)c2ccccc2n3-c2ccc(C#N)cc2-c2cccc(C)c2-n2c3ccccc3c3cc(-c4c(C#N)cc(C#N)cc4[N+]#[C-])ccc32)c([N+]#[C-])c1.[C-]#[N+]c1ccc(-n2c3ccccc3c3cc(-c4nc(-c5ccccc5)nc(-c5ccccc5)n4)ccc32)c(-c2cccc(C(F)(F)F)c2-n2c3ccccc3c3cc(-c4nc(-c5ccccc5)nc(-c5ccccc5)n4)ccc32)c1. The lowest BCUT2D eigenvalue weighted by Gasteiger charge is -2.22. The monoisotopic (exact) mass is 1860 g/mol. The van der Waals surface area contributed by atoms with Crippen LogP contribution < -0.4 is 0 Å². The summed E-state index contributed by atoms with van der Waals surface area (Å²) in [6, 6.07) is 130. The van der Waals surface area contributed by atoms with E-state index in [1.807, 2.05) is 297 Å². The molecule has 0 N–H and O–H groups in total. The Morgan fingerprint density at radius 1 is 0.255 bits per heavy atom. The van der Waals surface area contributed by atoms with E-state index in [4.69, 9.17) is 56.2 Å². The molecule has 0 aliphatic rings. The van der Waals surface area contributed by atoms with Gasteiger partial charge in [0.15, 0.2) is 57.7 Å². The maximum Gasteiger partial charge on any atom is 0.418 e. The van der Waals surface area contributed by atoms with Gasteiger partial charge in [-0.15, -0.1) is 0 Å². The van der Waals surface area contributed by atoms with Crippen molar-refractivity contribution in [2.45, 2.75) is 13.1 Å². The molecule has 0 atom stereocenters. The van der Waals surface area contributed by atoms with Gasteiger partial charge >= 0.3 is 6.18 Å². The van der Waals surface area contributed by atoms with Crippen molar-refractivity contribution in [1.82, 2.24) is 48.2 Å². The van der Waals surface area contributed by atoms with E-state index in [-0.39, 0.29) is 50.7 Å². The Morgan fingerprint density at radius 2 is 0.600 bits per heavy atom. The zero-order valence-corrected chi connectivity index (χ0v) is 76.6. The molecule has 18 nitrogen and oxygen atoms in total. The molecule has 18 aromatic carbocycles. The number of alkyl halides is 3. The van der Waals surface area contributed by atoms with Gasteiger partial charge in [-0.3, -0.25) is 0 Å². The quantitative estimate of drug-likeness (QED) is 0.0940. The van der Waals surface area contributed by atoms with Crippen LogP contribution in [0.3, 0.4) is 0 Å². The zero-order chi connectivity index (χ0) is 98.8. The van der Waals surface area contributed by atoms with Gasteiger partial charge in [0.05, 0.1) is 134 Å². The minimum absolute atomic E-state index is 0.0819. The normalized spacial score (nSPS) is 11.3. The lowest BCUT2D eigenvalue weighted by molar-refractivity contribution is -0.137. The molecule has 21 heteroatoms. The van der Waals surface area contributed by atoms with Crippen molar-refractivity contribution in [3.8, 4) is 160 Å². The van der Waals surface area contributed by atoms with E-state index < -0.39 is 11.7 Å². The van der Waals surface area contributed by atoms with Crippen LogP contribution in [0.4, 0.5) is 35.9 Å². The van der Waals surface area contributed by atoms with Crippen molar-refractivity contribution in [1.29, 1.82) is 21.0 Å².